The van der Waals surface area contributed by atoms with Crippen LogP contribution >= 0.6 is 11.3 Å². The predicted octanol–water partition coefficient (Wildman–Crippen LogP) is 13.5. The first-order valence-electron chi connectivity index (χ1n) is 17.9. The van der Waals surface area contributed by atoms with Gasteiger partial charge >= 0.3 is 0 Å². The maximum atomic E-state index is 5.23. The van der Waals surface area contributed by atoms with Crippen molar-refractivity contribution in [3.05, 3.63) is 176 Å². The van der Waals surface area contributed by atoms with E-state index in [-0.39, 0.29) is 0 Å². The van der Waals surface area contributed by atoms with Gasteiger partial charge in [0.05, 0.1) is 0 Å². The van der Waals surface area contributed by atoms with Crippen LogP contribution in [0.4, 0.5) is 0 Å². The normalized spacial score (nSPS) is 11.8. The Hall–Kier alpha value is -6.75. The summed E-state index contributed by atoms with van der Waals surface area (Å²) in [7, 11) is 0. The molecule has 0 unspecified atom stereocenters. The van der Waals surface area contributed by atoms with Crippen molar-refractivity contribution in [3.8, 4) is 56.4 Å². The molecule has 2 heterocycles. The highest BCUT2D eigenvalue weighted by molar-refractivity contribution is 7.26. The fourth-order valence-electron chi connectivity index (χ4n) is 7.99. The average Bonchev–Trinajstić information content (AvgIpc) is 3.62. The first kappa shape index (κ1) is 29.9. The minimum absolute atomic E-state index is 0.655. The van der Waals surface area contributed by atoms with Gasteiger partial charge in [-0.1, -0.05) is 170 Å². The van der Waals surface area contributed by atoms with Crippen LogP contribution in [0.2, 0.25) is 0 Å². The monoisotopic (exact) mass is 691 g/mol. The smallest absolute Gasteiger partial charge is 0.166 e. The van der Waals surface area contributed by atoms with Gasteiger partial charge in [0.15, 0.2) is 17.5 Å². The highest BCUT2D eigenvalue weighted by Gasteiger charge is 2.21. The van der Waals surface area contributed by atoms with Crippen LogP contribution in [0.1, 0.15) is 0 Å². The third-order valence-corrected chi connectivity index (χ3v) is 11.7. The first-order valence-corrected chi connectivity index (χ1v) is 18.7. The fourth-order valence-corrected chi connectivity index (χ4v) is 9.23. The van der Waals surface area contributed by atoms with Crippen molar-refractivity contribution < 1.29 is 0 Å². The molecule has 11 rings (SSSR count). The van der Waals surface area contributed by atoms with Crippen molar-refractivity contribution in [2.24, 2.45) is 0 Å². The van der Waals surface area contributed by atoms with Gasteiger partial charge in [-0.3, -0.25) is 0 Å². The lowest BCUT2D eigenvalue weighted by Crippen LogP contribution is -2.01. The fraction of sp³-hybridized carbons (Fsp3) is 0. The molecule has 0 radical (unpaired) electrons. The molecule has 0 fully saturated rings. The maximum absolute atomic E-state index is 5.23. The van der Waals surface area contributed by atoms with Gasteiger partial charge in [0.1, 0.15) is 0 Å². The van der Waals surface area contributed by atoms with Crippen LogP contribution in [0.3, 0.4) is 0 Å². The van der Waals surface area contributed by atoms with Crippen molar-refractivity contribution in [3.63, 3.8) is 0 Å². The molecule has 0 saturated heterocycles. The molecule has 0 spiro atoms. The molecule has 2 aromatic heterocycles. The lowest BCUT2D eigenvalue weighted by molar-refractivity contribution is 1.08. The van der Waals surface area contributed by atoms with Crippen LogP contribution in [0, 0.1) is 0 Å². The average molecular weight is 692 g/mol. The third-order valence-electron chi connectivity index (χ3n) is 10.5. The van der Waals surface area contributed by atoms with Crippen LogP contribution in [0.25, 0.3) is 109 Å². The Morgan fingerprint density at radius 3 is 1.55 bits per heavy atom. The number of hydrogen-bond acceptors (Lipinski definition) is 4. The number of nitrogens with zero attached hydrogens (tertiary/aromatic N) is 3. The van der Waals surface area contributed by atoms with Crippen molar-refractivity contribution in [1.29, 1.82) is 0 Å². The summed E-state index contributed by atoms with van der Waals surface area (Å²) in [5.41, 5.74) is 7.57. The number of fused-ring (bicyclic) bond motifs is 3. The summed E-state index contributed by atoms with van der Waals surface area (Å²) in [4.78, 5) is 15.5. The highest BCUT2D eigenvalue weighted by Crippen LogP contribution is 2.45. The van der Waals surface area contributed by atoms with Crippen LogP contribution in [-0.4, -0.2) is 15.0 Å². The van der Waals surface area contributed by atoms with Gasteiger partial charge in [0.2, 0.25) is 0 Å². The molecule has 11 aromatic rings. The van der Waals surface area contributed by atoms with E-state index in [4.69, 9.17) is 15.0 Å². The zero-order valence-corrected chi connectivity index (χ0v) is 29.3. The van der Waals surface area contributed by atoms with Gasteiger partial charge in [-0.15, -0.1) is 11.3 Å². The molecule has 0 amide bonds. The van der Waals surface area contributed by atoms with E-state index in [1.165, 1.54) is 63.6 Å². The minimum atomic E-state index is 0.655. The number of benzene rings is 9. The molecule has 0 atom stereocenters. The zero-order chi connectivity index (χ0) is 34.9. The molecule has 0 saturated carbocycles. The van der Waals surface area contributed by atoms with Gasteiger partial charge < -0.3 is 0 Å². The SMILES string of the molecule is c1ccc(-c2nc(-c3ccccc3)nc(-c3c(-c4ccc(-c5ccc6ccc7cccc8ccc5c6c78)cc4)ccc4c3sc3ccccc34)n2)cc1. The van der Waals surface area contributed by atoms with Crippen molar-refractivity contribution >= 4 is 63.8 Å². The van der Waals surface area contributed by atoms with Crippen molar-refractivity contribution in [2.75, 3.05) is 0 Å². The van der Waals surface area contributed by atoms with Crippen LogP contribution in [0.5, 0.6) is 0 Å². The molecule has 246 valence electrons. The second-order valence-electron chi connectivity index (χ2n) is 13.5. The molecule has 0 aliphatic rings. The minimum Gasteiger partial charge on any atom is -0.208 e. The molecular formula is C49H29N3S. The Morgan fingerprint density at radius 1 is 0.321 bits per heavy atom. The summed E-state index contributed by atoms with van der Waals surface area (Å²) in [6, 6.07) is 62.7. The summed E-state index contributed by atoms with van der Waals surface area (Å²) in [6.45, 7) is 0. The number of thiophene rings is 1. The summed E-state index contributed by atoms with van der Waals surface area (Å²) < 4.78 is 2.41. The van der Waals surface area contributed by atoms with Crippen molar-refractivity contribution in [2.45, 2.75) is 0 Å². The van der Waals surface area contributed by atoms with Crippen LogP contribution in [0.15, 0.2) is 176 Å². The quantitative estimate of drug-likeness (QED) is 0.169. The largest absolute Gasteiger partial charge is 0.208 e. The predicted molar refractivity (Wildman–Crippen MR) is 224 cm³/mol. The van der Waals surface area contributed by atoms with Gasteiger partial charge in [-0.05, 0) is 60.6 Å². The zero-order valence-electron chi connectivity index (χ0n) is 28.5. The van der Waals surface area contributed by atoms with Gasteiger partial charge in [0.25, 0.3) is 0 Å². The Morgan fingerprint density at radius 2 is 0.849 bits per heavy atom. The topological polar surface area (TPSA) is 38.7 Å². The Bertz CT molecular complexity index is 3080. The van der Waals surface area contributed by atoms with E-state index in [9.17, 15) is 0 Å². The highest BCUT2D eigenvalue weighted by atomic mass is 32.1. The van der Waals surface area contributed by atoms with E-state index >= 15 is 0 Å². The second-order valence-corrected chi connectivity index (χ2v) is 14.6. The molecule has 3 nitrogen and oxygen atoms in total. The molecule has 53 heavy (non-hydrogen) atoms. The summed E-state index contributed by atoms with van der Waals surface area (Å²) in [6.07, 6.45) is 0. The molecule has 0 bridgehead atoms. The van der Waals surface area contributed by atoms with Crippen LogP contribution < -0.4 is 0 Å². The van der Waals surface area contributed by atoms with E-state index in [1.54, 1.807) is 11.3 Å². The van der Waals surface area contributed by atoms with E-state index in [1.807, 2.05) is 36.4 Å². The second kappa shape index (κ2) is 11.9. The lowest BCUT2D eigenvalue weighted by Gasteiger charge is -2.15. The standard InChI is InChI=1S/C49H29N3S/c1-3-10-35(11-4-1)47-50-48(36-12-5-2-6-13-36)52-49(51-47)45-38(28-29-41-39-16-7-8-17-42(39)53-46(41)45)31-20-18-30(19-21-31)37-26-24-34-23-22-32-14-9-15-33-25-27-40(37)44(34)43(32)33/h1-29H. The van der Waals surface area contributed by atoms with Gasteiger partial charge in [0, 0.05) is 36.9 Å². The van der Waals surface area contributed by atoms with E-state index in [0.717, 1.165) is 27.8 Å². The summed E-state index contributed by atoms with van der Waals surface area (Å²) in [5.74, 6) is 1.98. The van der Waals surface area contributed by atoms with E-state index in [2.05, 4.69) is 140 Å². The van der Waals surface area contributed by atoms with E-state index in [0.29, 0.717) is 17.5 Å². The molecular weight excluding hydrogens is 663 g/mol. The van der Waals surface area contributed by atoms with Crippen molar-refractivity contribution in [1.82, 2.24) is 15.0 Å². The van der Waals surface area contributed by atoms with Crippen LogP contribution in [-0.2, 0) is 0 Å². The summed E-state index contributed by atoms with van der Waals surface area (Å²) in [5, 5.41) is 10.2. The maximum Gasteiger partial charge on any atom is 0.166 e. The van der Waals surface area contributed by atoms with Gasteiger partial charge in [-0.2, -0.15) is 0 Å². The number of hydrogen-bond donors (Lipinski definition) is 0. The molecule has 0 aliphatic carbocycles. The third kappa shape index (κ3) is 4.84. The Labute approximate surface area is 309 Å². The Kier molecular flexibility index (Phi) is 6.73. The molecule has 0 aliphatic heterocycles. The van der Waals surface area contributed by atoms with Gasteiger partial charge in [-0.25, -0.2) is 15.0 Å². The number of aromatic nitrogens is 3. The molecule has 4 heteroatoms. The first-order chi connectivity index (χ1) is 26.3. The summed E-state index contributed by atoms with van der Waals surface area (Å²) >= 11 is 1.80. The number of rotatable bonds is 5. The van der Waals surface area contributed by atoms with E-state index < -0.39 is 0 Å². The lowest BCUT2D eigenvalue weighted by atomic mass is 9.89. The molecule has 0 N–H and O–H groups in total. The molecule has 9 aromatic carbocycles. The Balaban J connectivity index is 1.12.